The molecule has 5 nitrogen and oxygen atoms in total. The summed E-state index contributed by atoms with van der Waals surface area (Å²) in [6.07, 6.45) is 1.92. The van der Waals surface area contributed by atoms with E-state index in [4.69, 9.17) is 4.74 Å². The van der Waals surface area contributed by atoms with Gasteiger partial charge in [0.15, 0.2) is 17.4 Å². The van der Waals surface area contributed by atoms with Gasteiger partial charge in [0.2, 0.25) is 0 Å². The molecule has 1 aliphatic carbocycles. The van der Waals surface area contributed by atoms with E-state index in [1.54, 1.807) is 6.07 Å². The number of ether oxygens (including phenoxy) is 1. The molecule has 27 heavy (non-hydrogen) atoms. The highest BCUT2D eigenvalue weighted by molar-refractivity contribution is 5.26. The molecule has 144 valence electrons. The molecule has 2 aliphatic rings. The smallest absolute Gasteiger partial charge is 0.191 e. The Morgan fingerprint density at radius 1 is 1.11 bits per heavy atom. The summed E-state index contributed by atoms with van der Waals surface area (Å²) in [6.45, 7) is 2.11. The summed E-state index contributed by atoms with van der Waals surface area (Å²) in [5, 5.41) is 19.6. The molecule has 7 heteroatoms. The Labute approximate surface area is 156 Å². The van der Waals surface area contributed by atoms with Crippen molar-refractivity contribution < 1.29 is 23.7 Å². The second kappa shape index (κ2) is 7.40. The monoisotopic (exact) mass is 376 g/mol. The van der Waals surface area contributed by atoms with Gasteiger partial charge in [-0.3, -0.25) is 9.88 Å². The highest BCUT2D eigenvalue weighted by Crippen LogP contribution is 2.40. The number of halogens is 2. The number of aromatic nitrogens is 1. The van der Waals surface area contributed by atoms with Gasteiger partial charge in [-0.1, -0.05) is 6.07 Å². The second-order valence-electron chi connectivity index (χ2n) is 7.46. The molecule has 2 heterocycles. The zero-order valence-corrected chi connectivity index (χ0v) is 14.8. The number of para-hydroxylation sites is 1. The summed E-state index contributed by atoms with van der Waals surface area (Å²) in [7, 11) is 0. The van der Waals surface area contributed by atoms with E-state index in [2.05, 4.69) is 9.88 Å². The van der Waals surface area contributed by atoms with Gasteiger partial charge in [0.25, 0.3) is 0 Å². The summed E-state index contributed by atoms with van der Waals surface area (Å²) >= 11 is 0. The van der Waals surface area contributed by atoms with Gasteiger partial charge in [-0.2, -0.15) is 0 Å². The van der Waals surface area contributed by atoms with Gasteiger partial charge in [0, 0.05) is 19.6 Å². The van der Waals surface area contributed by atoms with Crippen LogP contribution in [0.5, 0.6) is 11.5 Å². The maximum absolute atomic E-state index is 13.8. The molecule has 0 bridgehead atoms. The van der Waals surface area contributed by atoms with Crippen LogP contribution in [-0.4, -0.2) is 45.8 Å². The lowest BCUT2D eigenvalue weighted by atomic mass is 10.0. The normalized spacial score (nSPS) is 26.1. The Bertz CT molecular complexity index is 768. The molecule has 1 saturated heterocycles. The number of benzene rings is 1. The first-order valence-corrected chi connectivity index (χ1v) is 9.15. The summed E-state index contributed by atoms with van der Waals surface area (Å²) in [4.78, 5) is 6.24. The van der Waals surface area contributed by atoms with Gasteiger partial charge in [0.05, 0.1) is 18.0 Å². The number of nitrogens with zero attached hydrogens (tertiary/aromatic N) is 2. The fourth-order valence-electron chi connectivity index (χ4n) is 4.28. The molecule has 2 unspecified atom stereocenters. The number of rotatable bonds is 5. The molecule has 2 aromatic rings. The number of pyridine rings is 1. The zero-order chi connectivity index (χ0) is 19.0. The van der Waals surface area contributed by atoms with Gasteiger partial charge < -0.3 is 14.9 Å². The highest BCUT2D eigenvalue weighted by atomic mass is 19.1. The van der Waals surface area contributed by atoms with Gasteiger partial charge in [0.1, 0.15) is 11.9 Å². The van der Waals surface area contributed by atoms with Crippen LogP contribution in [0.3, 0.4) is 0 Å². The van der Waals surface area contributed by atoms with Crippen molar-refractivity contribution in [2.24, 2.45) is 11.8 Å². The van der Waals surface area contributed by atoms with Crippen molar-refractivity contribution in [3.63, 3.8) is 0 Å². The summed E-state index contributed by atoms with van der Waals surface area (Å²) in [5.41, 5.74) is 0.529. The van der Waals surface area contributed by atoms with Gasteiger partial charge >= 0.3 is 0 Å². The zero-order valence-electron chi connectivity index (χ0n) is 14.8. The number of likely N-dealkylation sites (tertiary alicyclic amines) is 1. The van der Waals surface area contributed by atoms with Crippen LogP contribution in [0.2, 0.25) is 0 Å². The maximum atomic E-state index is 13.8. The van der Waals surface area contributed by atoms with E-state index in [-0.39, 0.29) is 17.6 Å². The molecule has 1 aromatic heterocycles. The van der Waals surface area contributed by atoms with Crippen LogP contribution >= 0.6 is 0 Å². The average molecular weight is 376 g/mol. The van der Waals surface area contributed by atoms with Gasteiger partial charge in [-0.05, 0) is 48.9 Å². The third-order valence-corrected chi connectivity index (χ3v) is 5.53. The van der Waals surface area contributed by atoms with E-state index >= 15 is 0 Å². The summed E-state index contributed by atoms with van der Waals surface area (Å²) in [5.74, 6) is -0.766. The Balaban J connectivity index is 1.31. The molecule has 2 N–H and O–H groups in total. The molecule has 1 aromatic carbocycles. The molecule has 1 saturated carbocycles. The van der Waals surface area contributed by atoms with Crippen molar-refractivity contribution in [3.05, 3.63) is 53.9 Å². The number of hydrogen-bond acceptors (Lipinski definition) is 5. The predicted octanol–water partition coefficient (Wildman–Crippen LogP) is 2.89. The fraction of sp³-hybridized carbons (Fsp3) is 0.450. The summed E-state index contributed by atoms with van der Waals surface area (Å²) < 4.78 is 33.1. The maximum Gasteiger partial charge on any atom is 0.191 e. The summed E-state index contributed by atoms with van der Waals surface area (Å²) in [6, 6.07) is 6.86. The molecule has 0 spiro atoms. The number of β-amino-alcohol motifs (C(OH)–C–C–N with tert-alkyl or cyclic N) is 1. The van der Waals surface area contributed by atoms with E-state index in [1.807, 2.05) is 0 Å². The van der Waals surface area contributed by atoms with Crippen molar-refractivity contribution in [1.82, 2.24) is 9.88 Å². The second-order valence-corrected chi connectivity index (χ2v) is 7.46. The fourth-order valence-corrected chi connectivity index (χ4v) is 4.28. The third kappa shape index (κ3) is 3.89. The molecule has 4 rings (SSSR count). The minimum Gasteiger partial charge on any atom is -0.506 e. The van der Waals surface area contributed by atoms with Gasteiger partial charge in [-0.25, -0.2) is 8.78 Å². The van der Waals surface area contributed by atoms with Crippen molar-refractivity contribution in [3.8, 4) is 11.5 Å². The van der Waals surface area contributed by atoms with Crippen molar-refractivity contribution in [2.45, 2.75) is 25.0 Å². The highest BCUT2D eigenvalue weighted by Gasteiger charge is 2.42. The lowest BCUT2D eigenvalue weighted by molar-refractivity contribution is 0.112. The van der Waals surface area contributed by atoms with Crippen LogP contribution in [-0.2, 0) is 0 Å². The lowest BCUT2D eigenvalue weighted by Crippen LogP contribution is -2.29. The minimum atomic E-state index is -0.719. The van der Waals surface area contributed by atoms with Crippen LogP contribution in [0.4, 0.5) is 8.78 Å². The predicted molar refractivity (Wildman–Crippen MR) is 94.3 cm³/mol. The first-order chi connectivity index (χ1) is 13.0. The Hall–Kier alpha value is -2.25. The molecule has 1 aliphatic heterocycles. The van der Waals surface area contributed by atoms with Crippen molar-refractivity contribution >= 4 is 0 Å². The van der Waals surface area contributed by atoms with E-state index in [0.717, 1.165) is 25.9 Å². The Morgan fingerprint density at radius 3 is 2.37 bits per heavy atom. The molecular weight excluding hydrogens is 354 g/mol. The first kappa shape index (κ1) is 18.1. The molecule has 4 atom stereocenters. The Morgan fingerprint density at radius 2 is 1.78 bits per heavy atom. The third-order valence-electron chi connectivity index (χ3n) is 5.53. The molecule has 2 fully saturated rings. The van der Waals surface area contributed by atoms with Crippen LogP contribution in [0.1, 0.15) is 24.6 Å². The molecule has 0 radical (unpaired) electrons. The standard InChI is InChI=1S/C20H22F2N2O3/c21-16-2-1-3-17(22)20(16)27-15-6-12-9-24(10-13(12)7-15)11-19(26)18-5-4-14(25)8-23-18/h1-5,8,12-13,15,19,25-26H,6-7,9-11H2/t12-,13+,15?,19?. The number of fused-ring (bicyclic) bond motifs is 1. The molecule has 0 amide bonds. The van der Waals surface area contributed by atoms with E-state index in [1.165, 1.54) is 30.5 Å². The number of aliphatic hydroxyl groups is 1. The number of hydrogen-bond donors (Lipinski definition) is 2. The largest absolute Gasteiger partial charge is 0.506 e. The first-order valence-electron chi connectivity index (χ1n) is 9.15. The Kier molecular flexibility index (Phi) is 4.97. The topological polar surface area (TPSA) is 65.8 Å². The van der Waals surface area contributed by atoms with Crippen LogP contribution in [0, 0.1) is 23.5 Å². The minimum absolute atomic E-state index is 0.0685. The van der Waals surface area contributed by atoms with Crippen molar-refractivity contribution in [2.75, 3.05) is 19.6 Å². The van der Waals surface area contributed by atoms with Crippen LogP contribution in [0.25, 0.3) is 0 Å². The van der Waals surface area contributed by atoms with Crippen molar-refractivity contribution in [1.29, 1.82) is 0 Å². The van der Waals surface area contributed by atoms with E-state index < -0.39 is 17.7 Å². The molecular formula is C20H22F2N2O3. The quantitative estimate of drug-likeness (QED) is 0.840. The number of aliphatic hydroxyl groups excluding tert-OH is 1. The number of aromatic hydroxyl groups is 1. The van der Waals surface area contributed by atoms with E-state index in [9.17, 15) is 19.0 Å². The lowest BCUT2D eigenvalue weighted by Gasteiger charge is -2.22. The average Bonchev–Trinajstić information content (AvgIpc) is 3.16. The van der Waals surface area contributed by atoms with Gasteiger partial charge in [-0.15, -0.1) is 0 Å². The van der Waals surface area contributed by atoms with Crippen LogP contribution < -0.4 is 4.74 Å². The van der Waals surface area contributed by atoms with E-state index in [0.29, 0.717) is 24.1 Å². The SMILES string of the molecule is Oc1ccc(C(O)CN2C[C@H]3CC(Oc4c(F)cccc4F)C[C@H]3C2)nc1. The van der Waals surface area contributed by atoms with Crippen LogP contribution in [0.15, 0.2) is 36.5 Å².